The van der Waals surface area contributed by atoms with E-state index in [4.69, 9.17) is 0 Å². The fourth-order valence-electron chi connectivity index (χ4n) is 2.80. The Bertz CT molecular complexity index is 412. The van der Waals surface area contributed by atoms with Crippen LogP contribution in [-0.4, -0.2) is 64.5 Å². The summed E-state index contributed by atoms with van der Waals surface area (Å²) in [6.07, 6.45) is 3.04. The SMILES string of the molecule is CC1C(=O)NCCN1C(=O)N1CCCCCC1C(=O)O. The number of carboxylic acid groups (broad SMARTS) is 1. The molecule has 2 fully saturated rings. The first-order valence-corrected chi connectivity index (χ1v) is 7.10. The van der Waals surface area contributed by atoms with Crippen LogP contribution in [0.25, 0.3) is 0 Å². The van der Waals surface area contributed by atoms with Gasteiger partial charge in [-0.05, 0) is 19.8 Å². The van der Waals surface area contributed by atoms with Gasteiger partial charge in [-0.15, -0.1) is 0 Å². The molecule has 0 radical (unpaired) electrons. The fourth-order valence-corrected chi connectivity index (χ4v) is 2.80. The number of likely N-dealkylation sites (tertiary alicyclic amines) is 1. The van der Waals surface area contributed by atoms with Crippen molar-refractivity contribution in [2.45, 2.75) is 44.7 Å². The number of piperazine rings is 1. The Labute approximate surface area is 117 Å². The van der Waals surface area contributed by atoms with Crippen molar-refractivity contribution in [3.8, 4) is 0 Å². The van der Waals surface area contributed by atoms with Gasteiger partial charge in [0, 0.05) is 19.6 Å². The molecule has 0 aromatic heterocycles. The zero-order chi connectivity index (χ0) is 14.7. The Kier molecular flexibility index (Phi) is 4.46. The monoisotopic (exact) mass is 283 g/mol. The highest BCUT2D eigenvalue weighted by Gasteiger charge is 2.37. The van der Waals surface area contributed by atoms with Gasteiger partial charge in [-0.2, -0.15) is 0 Å². The Morgan fingerprint density at radius 3 is 2.65 bits per heavy atom. The fraction of sp³-hybridized carbons (Fsp3) is 0.769. The molecule has 0 bridgehead atoms. The zero-order valence-corrected chi connectivity index (χ0v) is 11.7. The maximum absolute atomic E-state index is 12.6. The molecule has 7 heteroatoms. The molecule has 0 aromatic rings. The standard InChI is InChI=1S/C13H21N3O4/c1-9-11(17)14-6-8-15(9)13(20)16-7-4-2-3-5-10(16)12(18)19/h9-10H,2-8H2,1H3,(H,14,17)(H,18,19). The van der Waals surface area contributed by atoms with E-state index in [1.807, 2.05) is 0 Å². The second-order valence-electron chi connectivity index (χ2n) is 5.34. The first-order valence-electron chi connectivity index (χ1n) is 7.10. The molecule has 2 saturated heterocycles. The lowest BCUT2D eigenvalue weighted by atomic mass is 10.1. The first-order chi connectivity index (χ1) is 9.52. The van der Waals surface area contributed by atoms with Gasteiger partial charge in [0.15, 0.2) is 0 Å². The zero-order valence-electron chi connectivity index (χ0n) is 11.7. The van der Waals surface area contributed by atoms with Gasteiger partial charge in [-0.3, -0.25) is 4.79 Å². The minimum absolute atomic E-state index is 0.189. The number of nitrogens with one attached hydrogen (secondary N) is 1. The van der Waals surface area contributed by atoms with E-state index in [-0.39, 0.29) is 11.9 Å². The Hall–Kier alpha value is -1.79. The van der Waals surface area contributed by atoms with Crippen molar-refractivity contribution in [1.82, 2.24) is 15.1 Å². The second-order valence-corrected chi connectivity index (χ2v) is 5.34. The summed E-state index contributed by atoms with van der Waals surface area (Å²) in [5, 5.41) is 12.0. The molecule has 7 nitrogen and oxygen atoms in total. The van der Waals surface area contributed by atoms with Crippen molar-refractivity contribution in [2.75, 3.05) is 19.6 Å². The van der Waals surface area contributed by atoms with Crippen LogP contribution in [0, 0.1) is 0 Å². The number of rotatable bonds is 1. The van der Waals surface area contributed by atoms with Gasteiger partial charge in [-0.1, -0.05) is 12.8 Å². The minimum Gasteiger partial charge on any atom is -0.480 e. The lowest BCUT2D eigenvalue weighted by Gasteiger charge is -2.38. The van der Waals surface area contributed by atoms with Gasteiger partial charge in [0.1, 0.15) is 12.1 Å². The molecule has 2 aliphatic heterocycles. The number of amides is 3. The van der Waals surface area contributed by atoms with Gasteiger partial charge in [0.05, 0.1) is 0 Å². The van der Waals surface area contributed by atoms with E-state index < -0.39 is 18.1 Å². The molecule has 0 aromatic carbocycles. The summed E-state index contributed by atoms with van der Waals surface area (Å²) in [4.78, 5) is 38.5. The molecule has 3 amide bonds. The molecular formula is C13H21N3O4. The van der Waals surface area contributed by atoms with Gasteiger partial charge in [0.2, 0.25) is 5.91 Å². The highest BCUT2D eigenvalue weighted by atomic mass is 16.4. The number of carbonyl (C=O) groups is 3. The Morgan fingerprint density at radius 2 is 1.95 bits per heavy atom. The summed E-state index contributed by atoms with van der Waals surface area (Å²) in [7, 11) is 0. The summed E-state index contributed by atoms with van der Waals surface area (Å²) in [6, 6.07) is -1.65. The molecule has 2 unspecified atom stereocenters. The predicted molar refractivity (Wildman–Crippen MR) is 71.2 cm³/mol. The number of aliphatic carboxylic acids is 1. The van der Waals surface area contributed by atoms with Crippen molar-refractivity contribution in [3.05, 3.63) is 0 Å². The van der Waals surface area contributed by atoms with Crippen LogP contribution < -0.4 is 5.32 Å². The molecule has 2 heterocycles. The second kappa shape index (κ2) is 6.11. The number of carboxylic acids is 1. The van der Waals surface area contributed by atoms with Gasteiger partial charge in [0.25, 0.3) is 0 Å². The smallest absolute Gasteiger partial charge is 0.326 e. The van der Waals surface area contributed by atoms with Gasteiger partial charge in [-0.25, -0.2) is 9.59 Å². The quantitative estimate of drug-likeness (QED) is 0.722. The van der Waals surface area contributed by atoms with Crippen molar-refractivity contribution in [3.63, 3.8) is 0 Å². The topological polar surface area (TPSA) is 90.0 Å². The van der Waals surface area contributed by atoms with E-state index >= 15 is 0 Å². The van der Waals surface area contributed by atoms with Crippen LogP contribution in [0.15, 0.2) is 0 Å². The van der Waals surface area contributed by atoms with Crippen LogP contribution in [0.4, 0.5) is 4.79 Å². The van der Waals surface area contributed by atoms with Gasteiger partial charge < -0.3 is 20.2 Å². The largest absolute Gasteiger partial charge is 0.480 e. The predicted octanol–water partition coefficient (Wildman–Crippen LogP) is 0.256. The normalized spacial score (nSPS) is 27.8. The van der Waals surface area contributed by atoms with Gasteiger partial charge >= 0.3 is 12.0 Å². The third-order valence-electron chi connectivity index (χ3n) is 4.03. The van der Waals surface area contributed by atoms with Crippen molar-refractivity contribution in [2.24, 2.45) is 0 Å². The van der Waals surface area contributed by atoms with Crippen molar-refractivity contribution >= 4 is 17.9 Å². The summed E-state index contributed by atoms with van der Waals surface area (Å²) in [6.45, 7) is 2.95. The summed E-state index contributed by atoms with van der Waals surface area (Å²) < 4.78 is 0. The van der Waals surface area contributed by atoms with Crippen LogP contribution in [0.1, 0.15) is 32.6 Å². The lowest BCUT2D eigenvalue weighted by molar-refractivity contribution is -0.142. The third kappa shape index (κ3) is 2.86. The lowest BCUT2D eigenvalue weighted by Crippen LogP contribution is -2.60. The first kappa shape index (κ1) is 14.6. The molecule has 2 aliphatic rings. The Balaban J connectivity index is 2.15. The maximum Gasteiger partial charge on any atom is 0.326 e. The number of hydrogen-bond donors (Lipinski definition) is 2. The van der Waals surface area contributed by atoms with Crippen LogP contribution in [0.3, 0.4) is 0 Å². The molecule has 2 rings (SSSR count). The number of urea groups is 1. The van der Waals surface area contributed by atoms with E-state index in [2.05, 4.69) is 5.32 Å². The highest BCUT2D eigenvalue weighted by molar-refractivity contribution is 5.89. The van der Waals surface area contributed by atoms with E-state index in [1.165, 1.54) is 9.80 Å². The van der Waals surface area contributed by atoms with E-state index in [0.29, 0.717) is 26.1 Å². The van der Waals surface area contributed by atoms with Crippen LogP contribution in [0.2, 0.25) is 0 Å². The minimum atomic E-state index is -0.964. The number of nitrogens with zero attached hydrogens (tertiary/aromatic N) is 2. The van der Waals surface area contributed by atoms with E-state index in [0.717, 1.165) is 19.3 Å². The summed E-state index contributed by atoms with van der Waals surface area (Å²) in [5.41, 5.74) is 0. The Morgan fingerprint density at radius 1 is 1.20 bits per heavy atom. The van der Waals surface area contributed by atoms with E-state index in [9.17, 15) is 19.5 Å². The maximum atomic E-state index is 12.6. The van der Waals surface area contributed by atoms with Crippen molar-refractivity contribution in [1.29, 1.82) is 0 Å². The number of hydrogen-bond acceptors (Lipinski definition) is 3. The molecule has 20 heavy (non-hydrogen) atoms. The molecule has 2 N–H and O–H groups in total. The van der Waals surface area contributed by atoms with Crippen molar-refractivity contribution < 1.29 is 19.5 Å². The molecule has 2 atom stereocenters. The van der Waals surface area contributed by atoms with Crippen LogP contribution in [0.5, 0.6) is 0 Å². The summed E-state index contributed by atoms with van der Waals surface area (Å²) in [5.74, 6) is -1.15. The molecule has 112 valence electrons. The molecule has 0 spiro atoms. The van der Waals surface area contributed by atoms with E-state index in [1.54, 1.807) is 6.92 Å². The molecular weight excluding hydrogens is 262 g/mol. The average molecular weight is 283 g/mol. The molecule has 0 saturated carbocycles. The molecule has 0 aliphatic carbocycles. The van der Waals surface area contributed by atoms with Crippen LogP contribution >= 0.6 is 0 Å². The third-order valence-corrected chi connectivity index (χ3v) is 4.03. The highest BCUT2D eigenvalue weighted by Crippen LogP contribution is 2.20. The average Bonchev–Trinajstić information content (AvgIpc) is 2.66. The number of carbonyl (C=O) groups excluding carboxylic acids is 2. The summed E-state index contributed by atoms with van der Waals surface area (Å²) >= 11 is 0. The van der Waals surface area contributed by atoms with Crippen LogP contribution in [-0.2, 0) is 9.59 Å².